The highest BCUT2D eigenvalue weighted by Crippen LogP contribution is 2.35. The van der Waals surface area contributed by atoms with Crippen LogP contribution in [0, 0.1) is 0 Å². The number of benzene rings is 3. The molecule has 2 saturated heterocycles. The Morgan fingerprint density at radius 3 is 2.24 bits per heavy atom. The van der Waals surface area contributed by atoms with Gasteiger partial charge in [0.1, 0.15) is 6.04 Å². The Hall–Kier alpha value is -2.90. The molecule has 6 nitrogen and oxygen atoms in total. The van der Waals surface area contributed by atoms with Gasteiger partial charge in [-0.15, -0.1) is 0 Å². The number of carbonyl (C=O) groups excluding carboxylic acids is 2. The number of hydrogen-bond donors (Lipinski definition) is 2. The zero-order valence-electron chi connectivity index (χ0n) is 23.4. The minimum absolute atomic E-state index is 0.0256. The van der Waals surface area contributed by atoms with E-state index < -0.39 is 12.1 Å². The molecule has 2 aliphatic rings. The first-order valence-electron chi connectivity index (χ1n) is 14.4. The van der Waals surface area contributed by atoms with Crippen LogP contribution in [0.5, 0.6) is 0 Å². The zero-order valence-corrected chi connectivity index (χ0v) is 24.9. The zero-order chi connectivity index (χ0) is 28.9. The van der Waals surface area contributed by atoms with Gasteiger partial charge in [0.15, 0.2) is 0 Å². The number of likely N-dealkylation sites (tertiary alicyclic amines) is 2. The second-order valence-electron chi connectivity index (χ2n) is 11.4. The second kappa shape index (κ2) is 13.4. The molecule has 0 spiro atoms. The van der Waals surface area contributed by atoms with Crippen LogP contribution in [-0.4, -0.2) is 65.9 Å². The summed E-state index contributed by atoms with van der Waals surface area (Å²) in [5.41, 5.74) is 9.24. The molecule has 5 rings (SSSR count). The minimum Gasteiger partial charge on any atom is -0.343 e. The first-order chi connectivity index (χ1) is 19.8. The summed E-state index contributed by atoms with van der Waals surface area (Å²) in [6, 6.07) is 24.8. The van der Waals surface area contributed by atoms with E-state index in [1.165, 1.54) is 11.1 Å². The van der Waals surface area contributed by atoms with Crippen molar-refractivity contribution in [2.75, 3.05) is 26.2 Å². The lowest BCUT2D eigenvalue weighted by molar-refractivity contribution is -0.137. The van der Waals surface area contributed by atoms with Gasteiger partial charge in [0, 0.05) is 48.1 Å². The van der Waals surface area contributed by atoms with Crippen LogP contribution in [0.15, 0.2) is 78.9 Å². The van der Waals surface area contributed by atoms with Crippen molar-refractivity contribution >= 4 is 35.0 Å². The summed E-state index contributed by atoms with van der Waals surface area (Å²) in [5.74, 6) is 0.250. The molecule has 0 bridgehead atoms. The van der Waals surface area contributed by atoms with Gasteiger partial charge >= 0.3 is 0 Å². The molecule has 41 heavy (non-hydrogen) atoms. The fraction of sp³-hybridized carbons (Fsp3) is 0.394. The molecule has 8 heteroatoms. The lowest BCUT2D eigenvalue weighted by Gasteiger charge is -2.32. The van der Waals surface area contributed by atoms with Crippen molar-refractivity contribution in [3.8, 4) is 0 Å². The van der Waals surface area contributed by atoms with Gasteiger partial charge < -0.3 is 20.9 Å². The first kappa shape index (κ1) is 29.6. The van der Waals surface area contributed by atoms with Crippen molar-refractivity contribution in [3.63, 3.8) is 0 Å². The number of nitrogens with one attached hydrogen (secondary N) is 1. The van der Waals surface area contributed by atoms with Gasteiger partial charge in [0.2, 0.25) is 11.8 Å². The Morgan fingerprint density at radius 1 is 0.951 bits per heavy atom. The molecule has 2 amide bonds. The normalized spacial score (nSPS) is 22.4. The molecule has 0 saturated carbocycles. The van der Waals surface area contributed by atoms with Crippen molar-refractivity contribution in [1.29, 1.82) is 0 Å². The number of nitrogens with zero attached hydrogens (tertiary/aromatic N) is 2. The third-order valence-electron chi connectivity index (χ3n) is 8.45. The summed E-state index contributed by atoms with van der Waals surface area (Å²) >= 11 is 12.6. The molecule has 3 N–H and O–H groups in total. The van der Waals surface area contributed by atoms with Crippen LogP contribution >= 0.6 is 23.2 Å². The summed E-state index contributed by atoms with van der Waals surface area (Å²) in [6.45, 7) is 4.99. The molecule has 5 atom stereocenters. The third kappa shape index (κ3) is 7.31. The maximum absolute atomic E-state index is 14.3. The molecule has 2 heterocycles. The van der Waals surface area contributed by atoms with Crippen LogP contribution in [0.3, 0.4) is 0 Å². The molecule has 2 aliphatic heterocycles. The van der Waals surface area contributed by atoms with E-state index in [9.17, 15) is 9.59 Å². The van der Waals surface area contributed by atoms with Crippen LogP contribution in [0.2, 0.25) is 10.0 Å². The summed E-state index contributed by atoms with van der Waals surface area (Å²) < 4.78 is 0. The predicted octanol–water partition coefficient (Wildman–Crippen LogP) is 5.24. The molecule has 3 aromatic rings. The Labute approximate surface area is 252 Å². The smallest absolute Gasteiger partial charge is 0.245 e. The minimum atomic E-state index is -0.792. The van der Waals surface area contributed by atoms with Crippen LogP contribution in [0.4, 0.5) is 0 Å². The summed E-state index contributed by atoms with van der Waals surface area (Å²) in [5, 5.41) is 3.91. The number of amides is 2. The van der Waals surface area contributed by atoms with Gasteiger partial charge in [-0.25, -0.2) is 0 Å². The van der Waals surface area contributed by atoms with Crippen LogP contribution in [-0.2, 0) is 16.0 Å². The van der Waals surface area contributed by atoms with Crippen molar-refractivity contribution in [2.45, 2.75) is 56.1 Å². The molecule has 1 unspecified atom stereocenters. The Bertz CT molecular complexity index is 1340. The maximum Gasteiger partial charge on any atom is 0.245 e. The number of rotatable bonds is 9. The number of carbonyl (C=O) groups is 2. The van der Waals surface area contributed by atoms with E-state index in [0.29, 0.717) is 22.5 Å². The fourth-order valence-electron chi connectivity index (χ4n) is 6.23. The Kier molecular flexibility index (Phi) is 9.66. The maximum atomic E-state index is 14.3. The molecular weight excluding hydrogens is 555 g/mol. The SMILES string of the molecule is C[C@H](N)C(=O)N[C@@H](Cc1ccc(Cl)cc1Cl)C(=O)N1C[C@@H](c2ccccc2)C[C@H]1CN1CCC(c2ccccc2)C1. The predicted molar refractivity (Wildman–Crippen MR) is 165 cm³/mol. The highest BCUT2D eigenvalue weighted by Gasteiger charge is 2.40. The van der Waals surface area contributed by atoms with E-state index in [1.807, 2.05) is 29.2 Å². The average molecular weight is 594 g/mol. The van der Waals surface area contributed by atoms with Crippen molar-refractivity contribution in [2.24, 2.45) is 5.73 Å². The van der Waals surface area contributed by atoms with E-state index in [1.54, 1.807) is 19.1 Å². The lowest BCUT2D eigenvalue weighted by atomic mass is 9.96. The van der Waals surface area contributed by atoms with E-state index in [2.05, 4.69) is 52.7 Å². The van der Waals surface area contributed by atoms with Crippen molar-refractivity contribution in [3.05, 3.63) is 106 Å². The van der Waals surface area contributed by atoms with E-state index in [-0.39, 0.29) is 30.2 Å². The molecule has 0 radical (unpaired) electrons. The van der Waals surface area contributed by atoms with Crippen LogP contribution < -0.4 is 11.1 Å². The van der Waals surface area contributed by atoms with Gasteiger partial charge in [-0.2, -0.15) is 0 Å². The first-order valence-corrected chi connectivity index (χ1v) is 15.2. The third-order valence-corrected chi connectivity index (χ3v) is 9.04. The van der Waals surface area contributed by atoms with Gasteiger partial charge in [-0.3, -0.25) is 9.59 Å². The molecule has 0 aliphatic carbocycles. The summed E-state index contributed by atoms with van der Waals surface area (Å²) in [4.78, 5) is 31.5. The highest BCUT2D eigenvalue weighted by molar-refractivity contribution is 6.35. The topological polar surface area (TPSA) is 78.7 Å². The summed E-state index contributed by atoms with van der Waals surface area (Å²) in [7, 11) is 0. The van der Waals surface area contributed by atoms with Crippen molar-refractivity contribution < 1.29 is 9.59 Å². The van der Waals surface area contributed by atoms with Gasteiger partial charge in [0.05, 0.1) is 6.04 Å². The standard InChI is InChI=1S/C33H38Cl2N4O2/c1-22(36)32(40)37-31(17-25-12-13-28(34)18-30(25)35)33(41)39-20-27(24-10-6-3-7-11-24)16-29(39)21-38-15-14-26(19-38)23-8-4-2-5-9-23/h2-13,18,22,26-27,29,31H,14-17,19-21,36H2,1H3,(H,37,40)/t22-,26?,27-,29-,31-/m0/s1. The number of hydrogen-bond acceptors (Lipinski definition) is 4. The fourth-order valence-corrected chi connectivity index (χ4v) is 6.72. The van der Waals surface area contributed by atoms with E-state index >= 15 is 0 Å². The van der Waals surface area contributed by atoms with Gasteiger partial charge in [-0.05, 0) is 61.1 Å². The Morgan fingerprint density at radius 2 is 1.61 bits per heavy atom. The molecule has 216 valence electrons. The van der Waals surface area contributed by atoms with E-state index in [4.69, 9.17) is 28.9 Å². The quantitative estimate of drug-likeness (QED) is 0.356. The van der Waals surface area contributed by atoms with Crippen LogP contribution in [0.1, 0.15) is 48.3 Å². The number of halogens is 2. The van der Waals surface area contributed by atoms with Gasteiger partial charge in [-0.1, -0.05) is 89.9 Å². The molecule has 0 aromatic heterocycles. The largest absolute Gasteiger partial charge is 0.343 e. The van der Waals surface area contributed by atoms with Crippen LogP contribution in [0.25, 0.3) is 0 Å². The lowest BCUT2D eigenvalue weighted by Crippen LogP contribution is -2.55. The highest BCUT2D eigenvalue weighted by atomic mass is 35.5. The molecule has 3 aromatic carbocycles. The average Bonchev–Trinajstić information content (AvgIpc) is 3.62. The van der Waals surface area contributed by atoms with Crippen molar-refractivity contribution in [1.82, 2.24) is 15.1 Å². The van der Waals surface area contributed by atoms with E-state index in [0.717, 1.165) is 38.0 Å². The summed E-state index contributed by atoms with van der Waals surface area (Å²) in [6.07, 6.45) is 2.24. The second-order valence-corrected chi connectivity index (χ2v) is 12.3. The number of nitrogens with two attached hydrogens (primary N) is 1. The monoisotopic (exact) mass is 592 g/mol. The Balaban J connectivity index is 1.38. The molecule has 2 fully saturated rings. The molecular formula is C33H38Cl2N4O2. The van der Waals surface area contributed by atoms with Gasteiger partial charge in [0.25, 0.3) is 0 Å².